The molecule has 0 radical (unpaired) electrons. The van der Waals surface area contributed by atoms with Gasteiger partial charge in [0.2, 0.25) is 0 Å². The SMILES string of the molecule is Cc1ccc(OCCCN2CCOCC2)cc1N1CCOCC1. The standard InChI is InChI=1S/C18H28N2O3/c1-16-3-4-17(15-18(16)20-8-13-22-14-9-20)23-10-2-5-19-6-11-21-12-7-19/h3-4,15H,2,5-14H2,1H3. The average molecular weight is 320 g/mol. The Bertz CT molecular complexity index is 483. The van der Waals surface area contributed by atoms with Gasteiger partial charge in [0.1, 0.15) is 5.75 Å². The maximum atomic E-state index is 5.97. The molecule has 0 atom stereocenters. The lowest BCUT2D eigenvalue weighted by molar-refractivity contribution is 0.0358. The number of hydrogen-bond acceptors (Lipinski definition) is 5. The molecule has 1 aromatic rings. The maximum absolute atomic E-state index is 5.97. The molecule has 2 aliphatic heterocycles. The van der Waals surface area contributed by atoms with Gasteiger partial charge in [0.15, 0.2) is 0 Å². The van der Waals surface area contributed by atoms with Crippen LogP contribution in [0.25, 0.3) is 0 Å². The molecule has 0 aliphatic carbocycles. The summed E-state index contributed by atoms with van der Waals surface area (Å²) < 4.78 is 16.8. The van der Waals surface area contributed by atoms with Gasteiger partial charge in [-0.15, -0.1) is 0 Å². The third-order valence-electron chi connectivity index (χ3n) is 4.52. The van der Waals surface area contributed by atoms with Crippen molar-refractivity contribution in [1.82, 2.24) is 4.90 Å². The van der Waals surface area contributed by atoms with Gasteiger partial charge < -0.3 is 19.1 Å². The highest BCUT2D eigenvalue weighted by Gasteiger charge is 2.14. The molecule has 0 spiro atoms. The van der Waals surface area contributed by atoms with E-state index in [-0.39, 0.29) is 0 Å². The zero-order valence-corrected chi connectivity index (χ0v) is 14.1. The number of hydrogen-bond donors (Lipinski definition) is 0. The molecule has 1 aromatic carbocycles. The van der Waals surface area contributed by atoms with Crippen molar-refractivity contribution in [1.29, 1.82) is 0 Å². The third-order valence-corrected chi connectivity index (χ3v) is 4.52. The summed E-state index contributed by atoms with van der Waals surface area (Å²) in [6.07, 6.45) is 1.06. The Morgan fingerprint density at radius 2 is 1.70 bits per heavy atom. The summed E-state index contributed by atoms with van der Waals surface area (Å²) in [5, 5.41) is 0. The fourth-order valence-corrected chi connectivity index (χ4v) is 3.13. The summed E-state index contributed by atoms with van der Waals surface area (Å²) in [7, 11) is 0. The van der Waals surface area contributed by atoms with Crippen molar-refractivity contribution in [3.63, 3.8) is 0 Å². The van der Waals surface area contributed by atoms with Crippen LogP contribution in [0.1, 0.15) is 12.0 Å². The Kier molecular flexibility index (Phi) is 6.13. The number of rotatable bonds is 6. The molecule has 2 fully saturated rings. The molecule has 128 valence electrons. The first-order valence-electron chi connectivity index (χ1n) is 8.69. The minimum atomic E-state index is 0.767. The molecule has 0 saturated carbocycles. The fraction of sp³-hybridized carbons (Fsp3) is 0.667. The molecular weight excluding hydrogens is 292 g/mol. The van der Waals surface area contributed by atoms with Crippen LogP contribution < -0.4 is 9.64 Å². The Labute approximate surface area is 139 Å². The van der Waals surface area contributed by atoms with Gasteiger partial charge in [-0.05, 0) is 25.0 Å². The number of nitrogens with zero attached hydrogens (tertiary/aromatic N) is 2. The first-order valence-corrected chi connectivity index (χ1v) is 8.69. The van der Waals surface area contributed by atoms with Crippen LogP contribution in [-0.4, -0.2) is 70.7 Å². The Hall–Kier alpha value is -1.30. The van der Waals surface area contributed by atoms with E-state index in [9.17, 15) is 0 Å². The van der Waals surface area contributed by atoms with E-state index in [2.05, 4.69) is 34.9 Å². The van der Waals surface area contributed by atoms with Crippen LogP contribution >= 0.6 is 0 Å². The minimum Gasteiger partial charge on any atom is -0.493 e. The summed E-state index contributed by atoms with van der Waals surface area (Å²) in [5.41, 5.74) is 2.58. The van der Waals surface area contributed by atoms with Crippen molar-refractivity contribution in [3.8, 4) is 5.75 Å². The van der Waals surface area contributed by atoms with Crippen molar-refractivity contribution >= 4 is 5.69 Å². The lowest BCUT2D eigenvalue weighted by atomic mass is 10.1. The molecule has 0 aromatic heterocycles. The second-order valence-electron chi connectivity index (χ2n) is 6.20. The highest BCUT2D eigenvalue weighted by Crippen LogP contribution is 2.26. The molecule has 2 aliphatic rings. The smallest absolute Gasteiger partial charge is 0.121 e. The lowest BCUT2D eigenvalue weighted by Crippen LogP contribution is -2.37. The van der Waals surface area contributed by atoms with Crippen molar-refractivity contribution in [3.05, 3.63) is 23.8 Å². The predicted molar refractivity (Wildman–Crippen MR) is 91.6 cm³/mol. The summed E-state index contributed by atoms with van der Waals surface area (Å²) in [6, 6.07) is 6.41. The Morgan fingerprint density at radius 1 is 1.00 bits per heavy atom. The number of morpholine rings is 2. The van der Waals surface area contributed by atoms with E-state index >= 15 is 0 Å². The summed E-state index contributed by atoms with van der Waals surface area (Å²) in [5.74, 6) is 0.971. The lowest BCUT2D eigenvalue weighted by Gasteiger charge is -2.30. The second-order valence-corrected chi connectivity index (χ2v) is 6.20. The molecule has 0 unspecified atom stereocenters. The van der Waals surface area contributed by atoms with Gasteiger partial charge in [-0.3, -0.25) is 4.90 Å². The van der Waals surface area contributed by atoms with E-state index in [1.54, 1.807) is 0 Å². The number of aryl methyl sites for hydroxylation is 1. The number of ether oxygens (including phenoxy) is 3. The highest BCUT2D eigenvalue weighted by molar-refractivity contribution is 5.57. The van der Waals surface area contributed by atoms with Gasteiger partial charge >= 0.3 is 0 Å². The van der Waals surface area contributed by atoms with Gasteiger partial charge in [0, 0.05) is 44.5 Å². The van der Waals surface area contributed by atoms with Crippen molar-refractivity contribution in [2.45, 2.75) is 13.3 Å². The first-order chi connectivity index (χ1) is 11.3. The average Bonchev–Trinajstić information content (AvgIpc) is 2.62. The molecule has 5 nitrogen and oxygen atoms in total. The molecule has 0 amide bonds. The van der Waals surface area contributed by atoms with Crippen molar-refractivity contribution < 1.29 is 14.2 Å². The van der Waals surface area contributed by atoms with Gasteiger partial charge in [0.05, 0.1) is 33.0 Å². The fourth-order valence-electron chi connectivity index (χ4n) is 3.13. The molecule has 2 saturated heterocycles. The molecule has 0 bridgehead atoms. The zero-order valence-electron chi connectivity index (χ0n) is 14.1. The van der Waals surface area contributed by atoms with Crippen LogP contribution in [0.2, 0.25) is 0 Å². The van der Waals surface area contributed by atoms with Crippen molar-refractivity contribution in [2.75, 3.05) is 70.7 Å². The van der Waals surface area contributed by atoms with Crippen LogP contribution in [-0.2, 0) is 9.47 Å². The van der Waals surface area contributed by atoms with E-state index in [0.29, 0.717) is 0 Å². The van der Waals surface area contributed by atoms with Gasteiger partial charge in [-0.2, -0.15) is 0 Å². The van der Waals surface area contributed by atoms with Crippen molar-refractivity contribution in [2.24, 2.45) is 0 Å². The largest absolute Gasteiger partial charge is 0.493 e. The zero-order chi connectivity index (χ0) is 15.9. The third kappa shape index (κ3) is 4.83. The molecule has 0 N–H and O–H groups in total. The monoisotopic (exact) mass is 320 g/mol. The summed E-state index contributed by atoms with van der Waals surface area (Å²) in [6.45, 7) is 11.4. The molecule has 5 heteroatoms. The van der Waals surface area contributed by atoms with Crippen LogP contribution in [0.5, 0.6) is 5.75 Å². The van der Waals surface area contributed by atoms with Crippen LogP contribution in [0.15, 0.2) is 18.2 Å². The highest BCUT2D eigenvalue weighted by atomic mass is 16.5. The number of anilines is 1. The van der Waals surface area contributed by atoms with Crippen LogP contribution in [0.4, 0.5) is 5.69 Å². The molecule has 23 heavy (non-hydrogen) atoms. The van der Waals surface area contributed by atoms with Gasteiger partial charge in [0.25, 0.3) is 0 Å². The second kappa shape index (κ2) is 8.52. The van der Waals surface area contributed by atoms with Gasteiger partial charge in [-0.1, -0.05) is 6.07 Å². The van der Waals surface area contributed by atoms with E-state index in [1.165, 1.54) is 11.3 Å². The quantitative estimate of drug-likeness (QED) is 0.748. The summed E-state index contributed by atoms with van der Waals surface area (Å²) in [4.78, 5) is 4.83. The number of benzene rings is 1. The van der Waals surface area contributed by atoms with Gasteiger partial charge in [-0.25, -0.2) is 0 Å². The van der Waals surface area contributed by atoms with E-state index in [1.807, 2.05) is 0 Å². The maximum Gasteiger partial charge on any atom is 0.121 e. The Balaban J connectivity index is 1.47. The topological polar surface area (TPSA) is 34.2 Å². The predicted octanol–water partition coefficient (Wildman–Crippen LogP) is 1.93. The minimum absolute atomic E-state index is 0.767. The molecule has 2 heterocycles. The van der Waals surface area contributed by atoms with E-state index < -0.39 is 0 Å². The first kappa shape index (κ1) is 16.6. The molecule has 3 rings (SSSR count). The van der Waals surface area contributed by atoms with Crippen LogP contribution in [0.3, 0.4) is 0 Å². The molecular formula is C18H28N2O3. The van der Waals surface area contributed by atoms with E-state index in [0.717, 1.165) is 77.9 Å². The normalized spacial score (nSPS) is 19.8. The summed E-state index contributed by atoms with van der Waals surface area (Å²) >= 11 is 0. The Morgan fingerprint density at radius 3 is 2.43 bits per heavy atom. The van der Waals surface area contributed by atoms with E-state index in [4.69, 9.17) is 14.2 Å². The van der Waals surface area contributed by atoms with Crippen LogP contribution in [0, 0.1) is 6.92 Å².